The minimum Gasteiger partial charge on any atom is -0.367 e. The third kappa shape index (κ3) is 3.62. The van der Waals surface area contributed by atoms with Crippen LogP contribution in [-0.4, -0.2) is 39.1 Å². The van der Waals surface area contributed by atoms with E-state index in [0.717, 1.165) is 65.1 Å². The molecule has 1 aromatic carbocycles. The van der Waals surface area contributed by atoms with Crippen LogP contribution in [0.1, 0.15) is 25.5 Å². The number of hydrogen-bond acceptors (Lipinski definition) is 6. The number of halogens is 1. The number of aromatic nitrogens is 4. The molecule has 0 unspecified atom stereocenters. The Morgan fingerprint density at radius 3 is 2.69 bits per heavy atom. The standard InChI is InChI=1S/C19H21BrN6/c1-2-14-10-18(23-11-21-14)26-7-5-15(6-8-26)25-19-16-9-13(20)3-4-17(16)22-12-24-19/h3-4,9-12,15H,2,5-8H2,1H3,(H,22,24,25). The first-order chi connectivity index (χ1) is 12.7. The van der Waals surface area contributed by atoms with Gasteiger partial charge in [0.2, 0.25) is 0 Å². The smallest absolute Gasteiger partial charge is 0.137 e. The topological polar surface area (TPSA) is 66.8 Å². The average molecular weight is 413 g/mol. The fourth-order valence-corrected chi connectivity index (χ4v) is 3.70. The van der Waals surface area contributed by atoms with Gasteiger partial charge in [-0.3, -0.25) is 0 Å². The molecule has 1 aliphatic rings. The lowest BCUT2D eigenvalue weighted by atomic mass is 10.0. The van der Waals surface area contributed by atoms with Crippen LogP contribution in [0.15, 0.2) is 41.4 Å². The van der Waals surface area contributed by atoms with Crippen LogP contribution in [0.5, 0.6) is 0 Å². The van der Waals surface area contributed by atoms with Crippen molar-refractivity contribution in [1.29, 1.82) is 0 Å². The summed E-state index contributed by atoms with van der Waals surface area (Å²) in [6.07, 6.45) is 6.32. The van der Waals surface area contributed by atoms with Crippen molar-refractivity contribution in [2.75, 3.05) is 23.3 Å². The number of piperidine rings is 1. The van der Waals surface area contributed by atoms with Crippen molar-refractivity contribution in [2.45, 2.75) is 32.2 Å². The Kier molecular flexibility index (Phi) is 4.97. The molecule has 4 rings (SSSR count). The maximum atomic E-state index is 4.46. The SMILES string of the molecule is CCc1cc(N2CCC(Nc3ncnc4ccc(Br)cc34)CC2)ncn1. The summed E-state index contributed by atoms with van der Waals surface area (Å²) < 4.78 is 1.04. The molecular formula is C19H21BrN6. The average Bonchev–Trinajstić information content (AvgIpc) is 2.69. The number of rotatable bonds is 4. The Morgan fingerprint density at radius 1 is 1.08 bits per heavy atom. The van der Waals surface area contributed by atoms with Crippen molar-refractivity contribution in [3.8, 4) is 0 Å². The van der Waals surface area contributed by atoms with E-state index in [1.54, 1.807) is 12.7 Å². The first-order valence-corrected chi connectivity index (χ1v) is 9.75. The molecule has 3 heterocycles. The van der Waals surface area contributed by atoms with Gasteiger partial charge in [-0.2, -0.15) is 0 Å². The zero-order valence-electron chi connectivity index (χ0n) is 14.7. The summed E-state index contributed by atoms with van der Waals surface area (Å²) in [5.41, 5.74) is 2.05. The van der Waals surface area contributed by atoms with Crippen molar-refractivity contribution in [3.63, 3.8) is 0 Å². The van der Waals surface area contributed by atoms with Gasteiger partial charge in [0.1, 0.15) is 24.3 Å². The lowest BCUT2D eigenvalue weighted by Gasteiger charge is -2.33. The van der Waals surface area contributed by atoms with Gasteiger partial charge in [-0.1, -0.05) is 22.9 Å². The van der Waals surface area contributed by atoms with Crippen LogP contribution in [0.4, 0.5) is 11.6 Å². The van der Waals surface area contributed by atoms with E-state index in [2.05, 4.69) is 65.1 Å². The minimum atomic E-state index is 0.399. The number of anilines is 2. The second kappa shape index (κ2) is 7.53. The van der Waals surface area contributed by atoms with Crippen molar-refractivity contribution in [1.82, 2.24) is 19.9 Å². The van der Waals surface area contributed by atoms with Crippen LogP contribution in [0.2, 0.25) is 0 Å². The van der Waals surface area contributed by atoms with Crippen molar-refractivity contribution < 1.29 is 0 Å². The molecule has 6 nitrogen and oxygen atoms in total. The molecule has 0 saturated carbocycles. The lowest BCUT2D eigenvalue weighted by molar-refractivity contribution is 0.522. The molecule has 0 atom stereocenters. The summed E-state index contributed by atoms with van der Waals surface area (Å²) in [5.74, 6) is 1.94. The molecule has 0 amide bonds. The Morgan fingerprint density at radius 2 is 1.88 bits per heavy atom. The zero-order chi connectivity index (χ0) is 17.9. The molecule has 134 valence electrons. The number of benzene rings is 1. The number of nitrogens with zero attached hydrogens (tertiary/aromatic N) is 5. The molecule has 1 N–H and O–H groups in total. The van der Waals surface area contributed by atoms with Crippen LogP contribution in [0, 0.1) is 0 Å². The lowest BCUT2D eigenvalue weighted by Crippen LogP contribution is -2.39. The van der Waals surface area contributed by atoms with Gasteiger partial charge in [0, 0.05) is 40.8 Å². The van der Waals surface area contributed by atoms with Gasteiger partial charge in [0.25, 0.3) is 0 Å². The highest BCUT2D eigenvalue weighted by Gasteiger charge is 2.21. The molecule has 1 saturated heterocycles. The molecular weight excluding hydrogens is 392 g/mol. The van der Waals surface area contributed by atoms with E-state index in [9.17, 15) is 0 Å². The predicted octanol–water partition coefficient (Wildman–Crippen LogP) is 3.83. The third-order valence-electron chi connectivity index (χ3n) is 4.83. The van der Waals surface area contributed by atoms with Crippen LogP contribution in [0.3, 0.4) is 0 Å². The zero-order valence-corrected chi connectivity index (χ0v) is 16.3. The van der Waals surface area contributed by atoms with Crippen molar-refractivity contribution >= 4 is 38.5 Å². The maximum Gasteiger partial charge on any atom is 0.137 e. The largest absolute Gasteiger partial charge is 0.367 e. The van der Waals surface area contributed by atoms with Gasteiger partial charge in [0.15, 0.2) is 0 Å². The summed E-state index contributed by atoms with van der Waals surface area (Å²) in [6.45, 7) is 4.07. The molecule has 26 heavy (non-hydrogen) atoms. The van der Waals surface area contributed by atoms with Gasteiger partial charge in [-0.05, 0) is 37.5 Å². The molecule has 7 heteroatoms. The Balaban J connectivity index is 1.45. The molecule has 0 aliphatic carbocycles. The van der Waals surface area contributed by atoms with E-state index in [0.29, 0.717) is 6.04 Å². The summed E-state index contributed by atoms with van der Waals surface area (Å²) >= 11 is 3.54. The number of nitrogens with one attached hydrogen (secondary N) is 1. The normalized spacial score (nSPS) is 15.4. The van der Waals surface area contributed by atoms with Gasteiger partial charge in [-0.15, -0.1) is 0 Å². The van der Waals surface area contributed by atoms with E-state index < -0.39 is 0 Å². The van der Waals surface area contributed by atoms with Crippen LogP contribution >= 0.6 is 15.9 Å². The Hall–Kier alpha value is -2.28. The minimum absolute atomic E-state index is 0.399. The predicted molar refractivity (Wildman–Crippen MR) is 108 cm³/mol. The van der Waals surface area contributed by atoms with Crippen LogP contribution in [0.25, 0.3) is 10.9 Å². The summed E-state index contributed by atoms with van der Waals surface area (Å²) in [7, 11) is 0. The number of fused-ring (bicyclic) bond motifs is 1. The van der Waals surface area contributed by atoms with E-state index in [1.807, 2.05) is 12.1 Å². The molecule has 0 bridgehead atoms. The highest BCUT2D eigenvalue weighted by molar-refractivity contribution is 9.10. The molecule has 1 aliphatic heterocycles. The van der Waals surface area contributed by atoms with E-state index in [-0.39, 0.29) is 0 Å². The van der Waals surface area contributed by atoms with Gasteiger partial charge >= 0.3 is 0 Å². The van der Waals surface area contributed by atoms with E-state index >= 15 is 0 Å². The fourth-order valence-electron chi connectivity index (χ4n) is 3.34. The van der Waals surface area contributed by atoms with Gasteiger partial charge in [-0.25, -0.2) is 19.9 Å². The van der Waals surface area contributed by atoms with Crippen molar-refractivity contribution in [2.24, 2.45) is 0 Å². The van der Waals surface area contributed by atoms with Gasteiger partial charge in [0.05, 0.1) is 5.52 Å². The van der Waals surface area contributed by atoms with E-state index in [1.165, 1.54) is 0 Å². The van der Waals surface area contributed by atoms with Gasteiger partial charge < -0.3 is 10.2 Å². The number of aryl methyl sites for hydroxylation is 1. The Bertz CT molecular complexity index is 907. The monoisotopic (exact) mass is 412 g/mol. The molecule has 0 radical (unpaired) electrons. The molecule has 0 spiro atoms. The van der Waals surface area contributed by atoms with Crippen LogP contribution < -0.4 is 10.2 Å². The second-order valence-corrected chi connectivity index (χ2v) is 7.43. The number of hydrogen-bond donors (Lipinski definition) is 1. The highest BCUT2D eigenvalue weighted by Crippen LogP contribution is 2.26. The molecule has 2 aromatic heterocycles. The third-order valence-corrected chi connectivity index (χ3v) is 5.32. The summed E-state index contributed by atoms with van der Waals surface area (Å²) in [6, 6.07) is 8.58. The molecule has 3 aromatic rings. The highest BCUT2D eigenvalue weighted by atomic mass is 79.9. The first-order valence-electron chi connectivity index (χ1n) is 8.95. The van der Waals surface area contributed by atoms with Crippen molar-refractivity contribution in [3.05, 3.63) is 47.1 Å². The second-order valence-electron chi connectivity index (χ2n) is 6.51. The van der Waals surface area contributed by atoms with Crippen LogP contribution in [-0.2, 0) is 6.42 Å². The molecule has 1 fully saturated rings. The maximum absolute atomic E-state index is 4.46. The summed E-state index contributed by atoms with van der Waals surface area (Å²) in [5, 5.41) is 4.66. The first kappa shape index (κ1) is 17.1. The van der Waals surface area contributed by atoms with E-state index in [4.69, 9.17) is 0 Å². The quantitative estimate of drug-likeness (QED) is 0.702. The Labute approximate surface area is 161 Å². The fraction of sp³-hybridized carbons (Fsp3) is 0.368. The summed E-state index contributed by atoms with van der Waals surface area (Å²) in [4.78, 5) is 19.9.